The molecule has 1 aromatic rings. The van der Waals surface area contributed by atoms with E-state index in [-0.39, 0.29) is 5.92 Å². The van der Waals surface area contributed by atoms with Crippen LogP contribution in [-0.2, 0) is 19.4 Å². The molecule has 4 nitrogen and oxygen atoms in total. The molecule has 0 spiro atoms. The van der Waals surface area contributed by atoms with Gasteiger partial charge in [-0.1, -0.05) is 33.6 Å². The lowest BCUT2D eigenvalue weighted by molar-refractivity contribution is -0.0196. The minimum absolute atomic E-state index is 0.165. The Bertz CT molecular complexity index is 372. The van der Waals surface area contributed by atoms with E-state index < -0.39 is 12.2 Å². The SMILES string of the molecule is CCc1cc(CC(O)C(O)C(CC)CC)n(CC)n1. The topological polar surface area (TPSA) is 58.3 Å². The highest BCUT2D eigenvalue weighted by molar-refractivity contribution is 5.12. The number of aliphatic hydroxyl groups is 2. The lowest BCUT2D eigenvalue weighted by Crippen LogP contribution is -2.35. The Balaban J connectivity index is 2.75. The Morgan fingerprint density at radius 1 is 1.16 bits per heavy atom. The predicted molar refractivity (Wildman–Crippen MR) is 77.1 cm³/mol. The number of hydrogen-bond acceptors (Lipinski definition) is 3. The molecule has 1 heterocycles. The standard InChI is InChI=1S/C15H28N2O2/c1-5-11(6-2)15(19)14(18)10-13-9-12(7-3)16-17(13)8-4/h9,11,14-15,18-19H,5-8,10H2,1-4H3. The molecule has 0 aliphatic rings. The van der Waals surface area contributed by atoms with Crippen molar-refractivity contribution in [1.82, 2.24) is 9.78 Å². The molecule has 2 atom stereocenters. The van der Waals surface area contributed by atoms with Crippen LogP contribution in [0.3, 0.4) is 0 Å². The summed E-state index contributed by atoms with van der Waals surface area (Å²) in [5.74, 6) is 0.165. The number of aryl methyl sites for hydroxylation is 2. The van der Waals surface area contributed by atoms with Crippen LogP contribution in [-0.4, -0.2) is 32.2 Å². The van der Waals surface area contributed by atoms with E-state index in [1.54, 1.807) is 0 Å². The number of rotatable bonds is 8. The summed E-state index contributed by atoms with van der Waals surface area (Å²) in [5.41, 5.74) is 2.05. The summed E-state index contributed by atoms with van der Waals surface area (Å²) < 4.78 is 1.92. The third-order valence-electron chi connectivity index (χ3n) is 3.92. The Labute approximate surface area is 116 Å². The van der Waals surface area contributed by atoms with Crippen molar-refractivity contribution < 1.29 is 10.2 Å². The van der Waals surface area contributed by atoms with Crippen molar-refractivity contribution in [3.05, 3.63) is 17.5 Å². The van der Waals surface area contributed by atoms with Gasteiger partial charge in [0.2, 0.25) is 0 Å². The Kier molecular flexibility index (Phi) is 6.52. The molecule has 110 valence electrons. The average Bonchev–Trinajstić information content (AvgIpc) is 2.82. The average molecular weight is 268 g/mol. The molecule has 0 aliphatic carbocycles. The Hall–Kier alpha value is -0.870. The van der Waals surface area contributed by atoms with E-state index in [1.165, 1.54) is 0 Å². The third kappa shape index (κ3) is 4.05. The number of hydrogen-bond donors (Lipinski definition) is 2. The fourth-order valence-electron chi connectivity index (χ4n) is 2.55. The van der Waals surface area contributed by atoms with E-state index in [2.05, 4.69) is 25.9 Å². The smallest absolute Gasteiger partial charge is 0.0856 e. The molecule has 0 saturated carbocycles. The molecule has 2 N–H and O–H groups in total. The van der Waals surface area contributed by atoms with Gasteiger partial charge >= 0.3 is 0 Å². The van der Waals surface area contributed by atoms with Crippen LogP contribution in [0.1, 0.15) is 51.9 Å². The normalized spacial score (nSPS) is 14.9. The Morgan fingerprint density at radius 2 is 1.79 bits per heavy atom. The van der Waals surface area contributed by atoms with Crippen LogP contribution in [0.4, 0.5) is 0 Å². The van der Waals surface area contributed by atoms with Crippen LogP contribution in [0.25, 0.3) is 0 Å². The second-order valence-electron chi connectivity index (χ2n) is 5.13. The molecular weight excluding hydrogens is 240 g/mol. The highest BCUT2D eigenvalue weighted by atomic mass is 16.3. The van der Waals surface area contributed by atoms with Gasteiger partial charge in [0.05, 0.1) is 17.9 Å². The zero-order valence-corrected chi connectivity index (χ0v) is 12.6. The maximum Gasteiger partial charge on any atom is 0.0856 e. The van der Waals surface area contributed by atoms with Gasteiger partial charge in [0.15, 0.2) is 0 Å². The first-order chi connectivity index (χ1) is 9.07. The molecule has 0 aromatic carbocycles. The summed E-state index contributed by atoms with van der Waals surface area (Å²) in [6.45, 7) is 9.01. The van der Waals surface area contributed by atoms with Crippen molar-refractivity contribution in [1.29, 1.82) is 0 Å². The van der Waals surface area contributed by atoms with Gasteiger partial charge in [-0.3, -0.25) is 4.68 Å². The molecule has 2 unspecified atom stereocenters. The zero-order valence-electron chi connectivity index (χ0n) is 12.6. The first-order valence-electron chi connectivity index (χ1n) is 7.48. The number of aromatic nitrogens is 2. The molecule has 0 aliphatic heterocycles. The van der Waals surface area contributed by atoms with Gasteiger partial charge in [0.25, 0.3) is 0 Å². The lowest BCUT2D eigenvalue weighted by atomic mass is 9.91. The summed E-state index contributed by atoms with van der Waals surface area (Å²) in [5, 5.41) is 24.9. The van der Waals surface area contributed by atoms with Crippen molar-refractivity contribution in [2.75, 3.05) is 0 Å². The third-order valence-corrected chi connectivity index (χ3v) is 3.92. The predicted octanol–water partition coefficient (Wildman–Crippen LogP) is 2.17. The molecular formula is C15H28N2O2. The lowest BCUT2D eigenvalue weighted by Gasteiger charge is -2.25. The fourth-order valence-corrected chi connectivity index (χ4v) is 2.55. The molecule has 1 aromatic heterocycles. The van der Waals surface area contributed by atoms with E-state index in [0.717, 1.165) is 37.2 Å². The Morgan fingerprint density at radius 3 is 2.26 bits per heavy atom. The van der Waals surface area contributed by atoms with Crippen molar-refractivity contribution in [3.8, 4) is 0 Å². The molecule has 0 amide bonds. The van der Waals surface area contributed by atoms with E-state index in [4.69, 9.17) is 0 Å². The largest absolute Gasteiger partial charge is 0.390 e. The van der Waals surface area contributed by atoms with Crippen molar-refractivity contribution in [2.24, 2.45) is 5.92 Å². The minimum Gasteiger partial charge on any atom is -0.390 e. The van der Waals surface area contributed by atoms with Crippen LogP contribution in [0, 0.1) is 5.92 Å². The molecule has 1 rings (SSSR count). The van der Waals surface area contributed by atoms with Gasteiger partial charge in [-0.05, 0) is 25.3 Å². The summed E-state index contributed by atoms with van der Waals surface area (Å²) >= 11 is 0. The highest BCUT2D eigenvalue weighted by Crippen LogP contribution is 2.19. The maximum absolute atomic E-state index is 10.2. The van der Waals surface area contributed by atoms with E-state index in [9.17, 15) is 10.2 Å². The zero-order chi connectivity index (χ0) is 14.4. The molecule has 19 heavy (non-hydrogen) atoms. The van der Waals surface area contributed by atoms with Gasteiger partial charge in [-0.15, -0.1) is 0 Å². The van der Waals surface area contributed by atoms with E-state index in [1.807, 2.05) is 17.7 Å². The molecule has 0 bridgehead atoms. The van der Waals surface area contributed by atoms with Gasteiger partial charge in [-0.25, -0.2) is 0 Å². The van der Waals surface area contributed by atoms with E-state index in [0.29, 0.717) is 6.42 Å². The summed E-state index contributed by atoms with van der Waals surface area (Å²) in [6, 6.07) is 2.03. The van der Waals surface area contributed by atoms with Gasteiger partial charge in [0, 0.05) is 18.7 Å². The number of aliphatic hydroxyl groups excluding tert-OH is 2. The minimum atomic E-state index is -0.711. The molecule has 4 heteroatoms. The second kappa shape index (κ2) is 7.65. The molecule has 0 fully saturated rings. The van der Waals surface area contributed by atoms with Gasteiger partial charge in [-0.2, -0.15) is 5.10 Å². The molecule has 0 saturated heterocycles. The molecule has 0 radical (unpaired) electrons. The van der Waals surface area contributed by atoms with Crippen LogP contribution < -0.4 is 0 Å². The number of nitrogens with zero attached hydrogens (tertiary/aromatic N) is 2. The van der Waals surface area contributed by atoms with Crippen LogP contribution in [0.2, 0.25) is 0 Å². The van der Waals surface area contributed by atoms with Crippen molar-refractivity contribution in [3.63, 3.8) is 0 Å². The second-order valence-corrected chi connectivity index (χ2v) is 5.13. The summed E-state index contributed by atoms with van der Waals surface area (Å²) in [7, 11) is 0. The van der Waals surface area contributed by atoms with Gasteiger partial charge < -0.3 is 10.2 Å². The monoisotopic (exact) mass is 268 g/mol. The van der Waals surface area contributed by atoms with Crippen LogP contribution in [0.5, 0.6) is 0 Å². The van der Waals surface area contributed by atoms with Crippen LogP contribution >= 0.6 is 0 Å². The van der Waals surface area contributed by atoms with Crippen LogP contribution in [0.15, 0.2) is 6.07 Å². The first-order valence-corrected chi connectivity index (χ1v) is 7.48. The van der Waals surface area contributed by atoms with Crippen molar-refractivity contribution in [2.45, 2.75) is 72.1 Å². The fraction of sp³-hybridized carbons (Fsp3) is 0.800. The first kappa shape index (κ1) is 16.2. The highest BCUT2D eigenvalue weighted by Gasteiger charge is 2.25. The van der Waals surface area contributed by atoms with Gasteiger partial charge in [0.1, 0.15) is 0 Å². The quantitative estimate of drug-likeness (QED) is 0.759. The van der Waals surface area contributed by atoms with E-state index >= 15 is 0 Å². The summed E-state index contributed by atoms with van der Waals surface area (Å²) in [4.78, 5) is 0. The summed E-state index contributed by atoms with van der Waals surface area (Å²) in [6.07, 6.45) is 1.78. The maximum atomic E-state index is 10.2. The van der Waals surface area contributed by atoms with Crippen molar-refractivity contribution >= 4 is 0 Å².